The van der Waals surface area contributed by atoms with Crippen molar-refractivity contribution in [3.8, 4) is 11.5 Å². The average molecular weight is 276 g/mol. The summed E-state index contributed by atoms with van der Waals surface area (Å²) >= 11 is 6.23. The summed E-state index contributed by atoms with van der Waals surface area (Å²) in [6.07, 6.45) is 0. The lowest BCUT2D eigenvalue weighted by atomic mass is 10.1. The molecule has 100 valence electrons. The zero-order valence-electron chi connectivity index (χ0n) is 11.5. The largest absolute Gasteiger partial charge is 0.457 e. The Labute approximate surface area is 119 Å². The van der Waals surface area contributed by atoms with E-state index in [9.17, 15) is 0 Å². The van der Waals surface area contributed by atoms with Crippen molar-refractivity contribution in [2.24, 2.45) is 0 Å². The van der Waals surface area contributed by atoms with Crippen molar-refractivity contribution in [1.29, 1.82) is 0 Å². The lowest BCUT2D eigenvalue weighted by Crippen LogP contribution is -2.07. The van der Waals surface area contributed by atoms with Crippen molar-refractivity contribution in [2.75, 3.05) is 7.05 Å². The van der Waals surface area contributed by atoms with Crippen molar-refractivity contribution < 1.29 is 4.74 Å². The number of hydrogen-bond donors (Lipinski definition) is 1. The van der Waals surface area contributed by atoms with Crippen molar-refractivity contribution in [1.82, 2.24) is 5.32 Å². The lowest BCUT2D eigenvalue weighted by molar-refractivity contribution is 0.470. The maximum Gasteiger partial charge on any atom is 0.133 e. The molecule has 0 atom stereocenters. The van der Waals surface area contributed by atoms with E-state index in [1.165, 1.54) is 5.56 Å². The topological polar surface area (TPSA) is 21.3 Å². The molecular formula is C16H18ClNO. The third-order valence-electron chi connectivity index (χ3n) is 3.20. The van der Waals surface area contributed by atoms with Crippen LogP contribution in [0.2, 0.25) is 5.02 Å². The Bertz CT molecular complexity index is 581. The Hall–Kier alpha value is -1.51. The number of hydrogen-bond acceptors (Lipinski definition) is 2. The maximum absolute atomic E-state index is 6.23. The minimum Gasteiger partial charge on any atom is -0.457 e. The molecule has 0 saturated heterocycles. The molecule has 0 aliphatic carbocycles. The zero-order valence-corrected chi connectivity index (χ0v) is 12.2. The third kappa shape index (κ3) is 3.09. The molecule has 3 heteroatoms. The summed E-state index contributed by atoms with van der Waals surface area (Å²) in [5.41, 5.74) is 3.35. The van der Waals surface area contributed by atoms with Crippen LogP contribution in [-0.4, -0.2) is 7.05 Å². The Morgan fingerprint density at radius 2 is 1.74 bits per heavy atom. The molecule has 0 saturated carbocycles. The van der Waals surface area contributed by atoms with E-state index in [1.54, 1.807) is 0 Å². The number of rotatable bonds is 4. The molecule has 0 aliphatic rings. The SMILES string of the molecule is CNCc1c(Cl)cccc1Oc1cccc(C)c1C. The summed E-state index contributed by atoms with van der Waals surface area (Å²) in [6, 6.07) is 11.8. The van der Waals surface area contributed by atoms with E-state index in [-0.39, 0.29) is 0 Å². The second-order valence-corrected chi connectivity index (χ2v) is 4.95. The van der Waals surface area contributed by atoms with E-state index in [0.29, 0.717) is 6.54 Å². The molecule has 2 aromatic rings. The van der Waals surface area contributed by atoms with Crippen LogP contribution in [0.1, 0.15) is 16.7 Å². The summed E-state index contributed by atoms with van der Waals surface area (Å²) < 4.78 is 6.03. The quantitative estimate of drug-likeness (QED) is 0.889. The molecule has 1 N–H and O–H groups in total. The Morgan fingerprint density at radius 3 is 2.47 bits per heavy atom. The molecule has 0 fully saturated rings. The van der Waals surface area contributed by atoms with Crippen LogP contribution in [0.4, 0.5) is 0 Å². The molecule has 2 nitrogen and oxygen atoms in total. The number of benzene rings is 2. The molecule has 0 aliphatic heterocycles. The predicted octanol–water partition coefficient (Wildman–Crippen LogP) is 4.47. The van der Waals surface area contributed by atoms with Gasteiger partial charge in [0.1, 0.15) is 11.5 Å². The monoisotopic (exact) mass is 275 g/mol. The maximum atomic E-state index is 6.23. The average Bonchev–Trinajstić information content (AvgIpc) is 2.39. The van der Waals surface area contributed by atoms with E-state index in [1.807, 2.05) is 37.4 Å². The van der Waals surface area contributed by atoms with E-state index in [0.717, 1.165) is 27.6 Å². The molecule has 2 aromatic carbocycles. The van der Waals surface area contributed by atoms with Crippen molar-refractivity contribution in [3.05, 3.63) is 58.1 Å². The van der Waals surface area contributed by atoms with Crippen LogP contribution in [-0.2, 0) is 6.54 Å². The summed E-state index contributed by atoms with van der Waals surface area (Å²) in [4.78, 5) is 0. The van der Waals surface area contributed by atoms with Crippen LogP contribution in [0.15, 0.2) is 36.4 Å². The van der Waals surface area contributed by atoms with E-state index in [2.05, 4.69) is 25.2 Å². The van der Waals surface area contributed by atoms with Crippen LogP contribution in [0.3, 0.4) is 0 Å². The minimum atomic E-state index is 0.680. The van der Waals surface area contributed by atoms with Gasteiger partial charge in [-0.15, -0.1) is 0 Å². The van der Waals surface area contributed by atoms with Gasteiger partial charge in [-0.2, -0.15) is 0 Å². The molecule has 0 unspecified atom stereocenters. The van der Waals surface area contributed by atoms with Crippen LogP contribution in [0.5, 0.6) is 11.5 Å². The smallest absolute Gasteiger partial charge is 0.133 e. The molecule has 0 amide bonds. The highest BCUT2D eigenvalue weighted by Gasteiger charge is 2.10. The van der Waals surface area contributed by atoms with Crippen molar-refractivity contribution in [2.45, 2.75) is 20.4 Å². The highest BCUT2D eigenvalue weighted by atomic mass is 35.5. The second kappa shape index (κ2) is 6.09. The van der Waals surface area contributed by atoms with Gasteiger partial charge in [-0.3, -0.25) is 0 Å². The van der Waals surface area contributed by atoms with Crippen molar-refractivity contribution in [3.63, 3.8) is 0 Å². The molecular weight excluding hydrogens is 258 g/mol. The van der Waals surface area contributed by atoms with Crippen LogP contribution in [0.25, 0.3) is 0 Å². The van der Waals surface area contributed by atoms with E-state index >= 15 is 0 Å². The van der Waals surface area contributed by atoms with Crippen LogP contribution < -0.4 is 10.1 Å². The fourth-order valence-corrected chi connectivity index (χ4v) is 2.17. The van der Waals surface area contributed by atoms with E-state index < -0.39 is 0 Å². The molecule has 19 heavy (non-hydrogen) atoms. The summed E-state index contributed by atoms with van der Waals surface area (Å²) in [7, 11) is 1.89. The van der Waals surface area contributed by atoms with Gasteiger partial charge in [-0.1, -0.05) is 29.8 Å². The molecule has 0 spiro atoms. The zero-order chi connectivity index (χ0) is 13.8. The number of halogens is 1. The first-order valence-corrected chi connectivity index (χ1v) is 6.67. The van der Waals surface area contributed by atoms with Gasteiger partial charge in [0.15, 0.2) is 0 Å². The van der Waals surface area contributed by atoms with Gasteiger partial charge >= 0.3 is 0 Å². The highest BCUT2D eigenvalue weighted by molar-refractivity contribution is 6.31. The first-order valence-electron chi connectivity index (χ1n) is 6.29. The standard InChI is InChI=1S/C16H18ClNO/c1-11-6-4-8-15(12(11)2)19-16-9-5-7-14(17)13(16)10-18-3/h4-9,18H,10H2,1-3H3. The normalized spacial score (nSPS) is 10.5. The molecule has 2 rings (SSSR count). The molecule has 0 heterocycles. The fraction of sp³-hybridized carbons (Fsp3) is 0.250. The minimum absolute atomic E-state index is 0.680. The first-order chi connectivity index (χ1) is 9.13. The molecule has 0 bridgehead atoms. The van der Waals surface area contributed by atoms with Gasteiger partial charge in [0.25, 0.3) is 0 Å². The number of aryl methyl sites for hydroxylation is 1. The van der Waals surface area contributed by atoms with Gasteiger partial charge in [-0.05, 0) is 50.2 Å². The molecule has 0 radical (unpaired) electrons. The van der Waals surface area contributed by atoms with Crippen LogP contribution in [0, 0.1) is 13.8 Å². The summed E-state index contributed by atoms with van der Waals surface area (Å²) in [5, 5.41) is 3.83. The number of nitrogens with one attached hydrogen (secondary N) is 1. The number of ether oxygens (including phenoxy) is 1. The van der Waals surface area contributed by atoms with Crippen LogP contribution >= 0.6 is 11.6 Å². The predicted molar refractivity (Wildman–Crippen MR) is 80.2 cm³/mol. The molecule has 0 aromatic heterocycles. The van der Waals surface area contributed by atoms with Gasteiger partial charge in [0.05, 0.1) is 0 Å². The van der Waals surface area contributed by atoms with Crippen molar-refractivity contribution >= 4 is 11.6 Å². The van der Waals surface area contributed by atoms with Gasteiger partial charge in [0.2, 0.25) is 0 Å². The Morgan fingerprint density at radius 1 is 1.05 bits per heavy atom. The second-order valence-electron chi connectivity index (χ2n) is 4.55. The highest BCUT2D eigenvalue weighted by Crippen LogP contribution is 2.32. The fourth-order valence-electron chi connectivity index (χ4n) is 1.94. The van der Waals surface area contributed by atoms with Gasteiger partial charge < -0.3 is 10.1 Å². The lowest BCUT2D eigenvalue weighted by Gasteiger charge is -2.14. The van der Waals surface area contributed by atoms with Gasteiger partial charge in [0, 0.05) is 17.1 Å². The first kappa shape index (κ1) is 13.9. The van der Waals surface area contributed by atoms with Gasteiger partial charge in [-0.25, -0.2) is 0 Å². The van der Waals surface area contributed by atoms with E-state index in [4.69, 9.17) is 16.3 Å². The third-order valence-corrected chi connectivity index (χ3v) is 3.56. The Balaban J connectivity index is 2.38. The summed E-state index contributed by atoms with van der Waals surface area (Å²) in [6.45, 7) is 4.82. The summed E-state index contributed by atoms with van der Waals surface area (Å²) in [5.74, 6) is 1.68. The Kier molecular flexibility index (Phi) is 4.46.